The van der Waals surface area contributed by atoms with E-state index in [1.54, 1.807) is 0 Å². The molecule has 342 valence electrons. The molecule has 0 spiro atoms. The molecule has 0 aliphatic carbocycles. The van der Waals surface area contributed by atoms with Crippen molar-refractivity contribution in [2.45, 2.75) is 257 Å². The number of aliphatic hydroxyl groups excluding tert-OH is 2. The van der Waals surface area contributed by atoms with Crippen LogP contribution in [0.15, 0.2) is 0 Å². The van der Waals surface area contributed by atoms with Gasteiger partial charge in [0.2, 0.25) is 5.91 Å². The van der Waals surface area contributed by atoms with Crippen molar-refractivity contribution in [3.8, 4) is 0 Å². The second-order valence-electron chi connectivity index (χ2n) is 18.3. The Labute approximate surface area is 353 Å². The molecule has 0 saturated heterocycles. The van der Waals surface area contributed by atoms with Gasteiger partial charge in [-0.15, -0.1) is 0 Å². The Kier molecular flexibility index (Phi) is 39.2. The second kappa shape index (κ2) is 39.6. The molecule has 9 nitrogen and oxygen atoms in total. The number of carbonyl (C=O) groups excluding carboxylic acids is 1. The van der Waals surface area contributed by atoms with Gasteiger partial charge in [-0.2, -0.15) is 0 Å². The van der Waals surface area contributed by atoms with Gasteiger partial charge in [-0.3, -0.25) is 13.8 Å². The first-order chi connectivity index (χ1) is 27.4. The van der Waals surface area contributed by atoms with Crippen molar-refractivity contribution in [2.75, 3.05) is 40.9 Å². The summed E-state index contributed by atoms with van der Waals surface area (Å²) in [6.45, 7) is 4.63. The van der Waals surface area contributed by atoms with Gasteiger partial charge in [0.15, 0.2) is 0 Å². The first kappa shape index (κ1) is 56.5. The maximum Gasteiger partial charge on any atom is 0.472 e. The molecule has 4 N–H and O–H groups in total. The predicted molar refractivity (Wildman–Crippen MR) is 242 cm³/mol. The smallest absolute Gasteiger partial charge is 0.390 e. The standard InChI is InChI=1S/C47H97N2O7P/c1-6-8-10-12-14-16-18-20-21-22-23-24-25-26-27-28-30-32-34-36-38-40-46(51)48-44(43-56-57(53,54)55-42-41-49(3,4)5)47(52)45(50)39-37-35-33-31-29-19-17-15-13-11-9-7-2/h44-45,47,50,52H,6-43H2,1-5H3,(H-,48,51,53,54)/p+1. The van der Waals surface area contributed by atoms with Crippen molar-refractivity contribution in [1.29, 1.82) is 0 Å². The second-order valence-corrected chi connectivity index (χ2v) is 19.8. The van der Waals surface area contributed by atoms with Crippen molar-refractivity contribution >= 4 is 13.7 Å². The first-order valence-electron chi connectivity index (χ1n) is 24.5. The Morgan fingerprint density at radius 2 is 0.877 bits per heavy atom. The topological polar surface area (TPSA) is 125 Å². The van der Waals surface area contributed by atoms with Crippen LogP contribution in [-0.2, 0) is 18.4 Å². The number of quaternary nitrogens is 1. The number of aliphatic hydroxyl groups is 2. The predicted octanol–water partition coefficient (Wildman–Crippen LogP) is 12.7. The highest BCUT2D eigenvalue weighted by molar-refractivity contribution is 7.47. The minimum Gasteiger partial charge on any atom is -0.390 e. The molecule has 0 saturated carbocycles. The molecule has 4 unspecified atom stereocenters. The Morgan fingerprint density at radius 3 is 1.23 bits per heavy atom. The maximum atomic E-state index is 12.9. The van der Waals surface area contributed by atoms with E-state index in [-0.39, 0.29) is 12.5 Å². The van der Waals surface area contributed by atoms with Gasteiger partial charge in [-0.25, -0.2) is 4.57 Å². The summed E-state index contributed by atoms with van der Waals surface area (Å²) >= 11 is 0. The number of amides is 1. The molecule has 0 aliphatic rings. The van der Waals surface area contributed by atoms with Gasteiger partial charge >= 0.3 is 7.82 Å². The summed E-state index contributed by atoms with van der Waals surface area (Å²) in [4.78, 5) is 23.2. The van der Waals surface area contributed by atoms with Gasteiger partial charge < -0.3 is 24.9 Å². The van der Waals surface area contributed by atoms with Crippen LogP contribution in [0.5, 0.6) is 0 Å². The highest BCUT2D eigenvalue weighted by atomic mass is 31.2. The summed E-state index contributed by atoms with van der Waals surface area (Å²) < 4.78 is 23.5. The van der Waals surface area contributed by atoms with E-state index in [1.807, 2.05) is 21.1 Å². The van der Waals surface area contributed by atoms with Crippen molar-refractivity contribution in [3.05, 3.63) is 0 Å². The average molecular weight is 834 g/mol. The van der Waals surface area contributed by atoms with Crippen molar-refractivity contribution < 1.29 is 38.0 Å². The van der Waals surface area contributed by atoms with E-state index in [4.69, 9.17) is 9.05 Å². The lowest BCUT2D eigenvalue weighted by Gasteiger charge is -2.28. The van der Waals surface area contributed by atoms with E-state index < -0.39 is 32.7 Å². The average Bonchev–Trinajstić information content (AvgIpc) is 3.16. The molecule has 0 heterocycles. The molecule has 4 atom stereocenters. The molecule has 0 aromatic rings. The zero-order chi connectivity index (χ0) is 42.3. The molecule has 1 amide bonds. The molecular formula is C47H98N2O7P+. The number of phosphoric ester groups is 1. The number of carbonyl (C=O) groups is 1. The molecule has 0 radical (unpaired) electrons. The van der Waals surface area contributed by atoms with Gasteiger partial charge in [0.05, 0.1) is 39.9 Å². The normalized spacial score (nSPS) is 14.7. The van der Waals surface area contributed by atoms with Gasteiger partial charge in [0, 0.05) is 6.42 Å². The molecule has 57 heavy (non-hydrogen) atoms. The van der Waals surface area contributed by atoms with Crippen LogP contribution in [0.3, 0.4) is 0 Å². The van der Waals surface area contributed by atoms with Gasteiger partial charge in [-0.1, -0.05) is 219 Å². The lowest BCUT2D eigenvalue weighted by atomic mass is 9.99. The fraction of sp³-hybridized carbons (Fsp3) is 0.979. The number of nitrogens with one attached hydrogen (secondary N) is 1. The first-order valence-corrected chi connectivity index (χ1v) is 26.0. The quantitative estimate of drug-likeness (QED) is 0.0273. The third kappa shape index (κ3) is 40.6. The SMILES string of the molecule is CCCCCCCCCCCCCCCCCCCCCCCC(=O)NC(COP(=O)(O)OCC[N+](C)(C)C)C(O)C(O)CCCCCCCCCCCCCC. The monoisotopic (exact) mass is 834 g/mol. The van der Waals surface area contributed by atoms with E-state index in [1.165, 1.54) is 173 Å². The van der Waals surface area contributed by atoms with Crippen molar-refractivity contribution in [3.63, 3.8) is 0 Å². The number of phosphoric acid groups is 1. The number of likely N-dealkylation sites (N-methyl/N-ethyl adjacent to an activating group) is 1. The molecule has 0 aromatic carbocycles. The lowest BCUT2D eigenvalue weighted by molar-refractivity contribution is -0.870. The van der Waals surface area contributed by atoms with Crippen LogP contribution in [0.2, 0.25) is 0 Å². The molecule has 0 rings (SSSR count). The lowest BCUT2D eigenvalue weighted by Crippen LogP contribution is -2.51. The van der Waals surface area contributed by atoms with Crippen LogP contribution >= 0.6 is 7.82 Å². The number of hydrogen-bond acceptors (Lipinski definition) is 6. The van der Waals surface area contributed by atoms with Crippen LogP contribution in [0.25, 0.3) is 0 Å². The van der Waals surface area contributed by atoms with Crippen molar-refractivity contribution in [2.24, 2.45) is 0 Å². The summed E-state index contributed by atoms with van der Waals surface area (Å²) in [6.07, 6.45) is 40.2. The molecule has 10 heteroatoms. The van der Waals surface area contributed by atoms with Crippen LogP contribution in [0, 0.1) is 0 Å². The highest BCUT2D eigenvalue weighted by Crippen LogP contribution is 2.43. The van der Waals surface area contributed by atoms with Crippen LogP contribution in [-0.4, -0.2) is 84.6 Å². The van der Waals surface area contributed by atoms with Crippen LogP contribution in [0.4, 0.5) is 0 Å². The Bertz CT molecular complexity index is 919. The minimum absolute atomic E-state index is 0.0257. The van der Waals surface area contributed by atoms with Crippen LogP contribution in [0.1, 0.15) is 239 Å². The highest BCUT2D eigenvalue weighted by Gasteiger charge is 2.31. The third-order valence-corrected chi connectivity index (χ3v) is 12.4. The van der Waals surface area contributed by atoms with E-state index in [0.29, 0.717) is 23.9 Å². The van der Waals surface area contributed by atoms with E-state index in [2.05, 4.69) is 19.2 Å². The fourth-order valence-electron chi connectivity index (χ4n) is 7.50. The van der Waals surface area contributed by atoms with Crippen LogP contribution < -0.4 is 5.32 Å². The number of hydrogen-bond donors (Lipinski definition) is 4. The minimum atomic E-state index is -4.41. The molecular weight excluding hydrogens is 735 g/mol. The fourth-order valence-corrected chi connectivity index (χ4v) is 8.23. The maximum absolute atomic E-state index is 12.9. The van der Waals surface area contributed by atoms with E-state index in [0.717, 1.165) is 38.5 Å². The molecule has 0 fully saturated rings. The Hall–Kier alpha value is -0.540. The molecule has 0 aliphatic heterocycles. The summed E-state index contributed by atoms with van der Waals surface area (Å²) in [5.74, 6) is -0.253. The largest absolute Gasteiger partial charge is 0.472 e. The summed E-state index contributed by atoms with van der Waals surface area (Å²) in [5, 5.41) is 24.7. The summed E-state index contributed by atoms with van der Waals surface area (Å²) in [6, 6.07) is -1.03. The zero-order valence-corrected chi connectivity index (χ0v) is 39.4. The third-order valence-electron chi connectivity index (χ3n) is 11.4. The molecule has 0 bridgehead atoms. The van der Waals surface area contributed by atoms with Crippen molar-refractivity contribution in [1.82, 2.24) is 5.32 Å². The summed E-state index contributed by atoms with van der Waals surface area (Å²) in [7, 11) is 1.45. The van der Waals surface area contributed by atoms with Gasteiger partial charge in [0.1, 0.15) is 19.3 Å². The van der Waals surface area contributed by atoms with Gasteiger partial charge in [-0.05, 0) is 12.8 Å². The summed E-state index contributed by atoms with van der Waals surface area (Å²) in [5.41, 5.74) is 0. The number of nitrogens with zero attached hydrogens (tertiary/aromatic N) is 1. The van der Waals surface area contributed by atoms with E-state index >= 15 is 0 Å². The van der Waals surface area contributed by atoms with E-state index in [9.17, 15) is 24.5 Å². The Balaban J connectivity index is 4.32. The number of unbranched alkanes of at least 4 members (excludes halogenated alkanes) is 31. The number of rotatable bonds is 45. The Morgan fingerprint density at radius 1 is 0.544 bits per heavy atom. The van der Waals surface area contributed by atoms with Gasteiger partial charge in [0.25, 0.3) is 0 Å². The molecule has 0 aromatic heterocycles. The zero-order valence-electron chi connectivity index (χ0n) is 38.5.